The molecule has 108 valence electrons. The average molecular weight is 323 g/mol. The lowest BCUT2D eigenvalue weighted by Crippen LogP contribution is -2.03. The smallest absolute Gasteiger partial charge is 0.132 e. The van der Waals surface area contributed by atoms with Crippen molar-refractivity contribution >= 4 is 34.2 Å². The fourth-order valence-electron chi connectivity index (χ4n) is 2.38. The van der Waals surface area contributed by atoms with Gasteiger partial charge in [0.1, 0.15) is 11.6 Å². The van der Waals surface area contributed by atoms with Crippen LogP contribution in [0.2, 0.25) is 5.02 Å². The van der Waals surface area contributed by atoms with Gasteiger partial charge < -0.3 is 0 Å². The summed E-state index contributed by atoms with van der Waals surface area (Å²) in [5.41, 5.74) is 3.16. The van der Waals surface area contributed by atoms with E-state index in [0.29, 0.717) is 21.9 Å². The molecule has 1 atom stereocenters. The van der Waals surface area contributed by atoms with Gasteiger partial charge in [0.25, 0.3) is 0 Å². The first-order chi connectivity index (χ1) is 9.97. The first kappa shape index (κ1) is 14.4. The molecule has 3 rings (SSSR count). The fourth-order valence-corrected chi connectivity index (χ4v) is 2.73. The van der Waals surface area contributed by atoms with E-state index in [0.717, 1.165) is 11.3 Å². The number of benzene rings is 2. The highest BCUT2D eigenvalue weighted by Crippen LogP contribution is 2.32. The fraction of sp³-hybridized carbons (Fsp3) is 0.188. The number of imidazole rings is 1. The third-order valence-corrected chi connectivity index (χ3v) is 3.86. The summed E-state index contributed by atoms with van der Waals surface area (Å²) < 4.78 is 15.4. The van der Waals surface area contributed by atoms with Crippen molar-refractivity contribution in [2.24, 2.45) is 0 Å². The highest BCUT2D eigenvalue weighted by atomic mass is 35.5. The minimum atomic E-state index is -0.322. The quantitative estimate of drug-likeness (QED) is 0.575. The molecule has 1 aromatic heterocycles. The molecule has 0 bridgehead atoms. The molecule has 0 saturated heterocycles. The van der Waals surface area contributed by atoms with Crippen molar-refractivity contribution in [3.63, 3.8) is 0 Å². The monoisotopic (exact) mass is 322 g/mol. The van der Waals surface area contributed by atoms with Crippen molar-refractivity contribution in [1.29, 1.82) is 0 Å². The van der Waals surface area contributed by atoms with Crippen LogP contribution in [0.15, 0.2) is 36.4 Å². The zero-order valence-electron chi connectivity index (χ0n) is 11.6. The van der Waals surface area contributed by atoms with Crippen molar-refractivity contribution < 1.29 is 4.39 Å². The summed E-state index contributed by atoms with van der Waals surface area (Å²) in [4.78, 5) is 4.51. The number of fused-ring (bicyclic) bond motifs is 1. The second-order valence-corrected chi connectivity index (χ2v) is 6.07. The molecule has 0 aliphatic rings. The molecule has 2 nitrogen and oxygen atoms in total. The molecular formula is C16H13Cl2FN2. The molecule has 2 aromatic carbocycles. The molecule has 1 unspecified atom stereocenters. The molecule has 0 spiro atoms. The van der Waals surface area contributed by atoms with Crippen molar-refractivity contribution in [3.05, 3.63) is 58.6 Å². The SMILES string of the molecule is Cc1ccc(Cl)c(-n2c(C(C)Cl)nc3ccc(F)cc32)c1. The molecule has 0 saturated carbocycles. The highest BCUT2D eigenvalue weighted by molar-refractivity contribution is 6.32. The predicted octanol–water partition coefficient (Wildman–Crippen LogP) is 5.43. The first-order valence-corrected chi connectivity index (χ1v) is 7.37. The lowest BCUT2D eigenvalue weighted by atomic mass is 10.2. The summed E-state index contributed by atoms with van der Waals surface area (Å²) in [6.07, 6.45) is 0. The molecule has 21 heavy (non-hydrogen) atoms. The number of halogens is 3. The zero-order valence-corrected chi connectivity index (χ0v) is 13.1. The molecule has 0 N–H and O–H groups in total. The van der Waals surface area contributed by atoms with Gasteiger partial charge in [-0.1, -0.05) is 17.7 Å². The van der Waals surface area contributed by atoms with Crippen LogP contribution in [0.1, 0.15) is 23.7 Å². The van der Waals surface area contributed by atoms with Crippen LogP contribution in [0.4, 0.5) is 4.39 Å². The minimum Gasteiger partial charge on any atom is -0.293 e. The molecular weight excluding hydrogens is 310 g/mol. The van der Waals surface area contributed by atoms with Crippen LogP contribution in [-0.4, -0.2) is 9.55 Å². The maximum atomic E-state index is 13.6. The van der Waals surface area contributed by atoms with Crippen molar-refractivity contribution in [2.45, 2.75) is 19.2 Å². The number of alkyl halides is 1. The number of aryl methyl sites for hydroxylation is 1. The van der Waals surface area contributed by atoms with E-state index in [9.17, 15) is 4.39 Å². The largest absolute Gasteiger partial charge is 0.293 e. The minimum absolute atomic E-state index is 0.318. The van der Waals surface area contributed by atoms with Gasteiger partial charge in [-0.15, -0.1) is 11.6 Å². The Labute approximate surface area is 132 Å². The van der Waals surface area contributed by atoms with Gasteiger partial charge in [-0.2, -0.15) is 0 Å². The molecule has 0 aliphatic carbocycles. The van der Waals surface area contributed by atoms with Crippen LogP contribution in [0.25, 0.3) is 16.7 Å². The van der Waals surface area contributed by atoms with Crippen LogP contribution in [0.5, 0.6) is 0 Å². The van der Waals surface area contributed by atoms with Gasteiger partial charge in [0.2, 0.25) is 0 Å². The van der Waals surface area contributed by atoms with E-state index in [4.69, 9.17) is 23.2 Å². The van der Waals surface area contributed by atoms with E-state index in [2.05, 4.69) is 4.98 Å². The Bertz CT molecular complexity index is 825. The molecule has 0 fully saturated rings. The Hall–Kier alpha value is -1.58. The topological polar surface area (TPSA) is 17.8 Å². The Kier molecular flexibility index (Phi) is 3.64. The van der Waals surface area contributed by atoms with Gasteiger partial charge >= 0.3 is 0 Å². The summed E-state index contributed by atoms with van der Waals surface area (Å²) in [5, 5.41) is 0.250. The number of hydrogen-bond donors (Lipinski definition) is 0. The van der Waals surface area contributed by atoms with Crippen LogP contribution < -0.4 is 0 Å². The Balaban J connectivity index is 2.41. The first-order valence-electron chi connectivity index (χ1n) is 6.56. The van der Waals surface area contributed by atoms with E-state index in [-0.39, 0.29) is 11.2 Å². The molecule has 5 heteroatoms. The van der Waals surface area contributed by atoms with E-state index >= 15 is 0 Å². The third-order valence-electron chi connectivity index (χ3n) is 3.34. The van der Waals surface area contributed by atoms with Crippen LogP contribution >= 0.6 is 23.2 Å². The van der Waals surface area contributed by atoms with Gasteiger partial charge in [0.05, 0.1) is 27.1 Å². The van der Waals surface area contributed by atoms with Crippen molar-refractivity contribution in [3.8, 4) is 5.69 Å². The second kappa shape index (κ2) is 5.32. The zero-order chi connectivity index (χ0) is 15.1. The summed E-state index contributed by atoms with van der Waals surface area (Å²) in [6, 6.07) is 10.2. The van der Waals surface area contributed by atoms with Gasteiger partial charge in [0, 0.05) is 6.07 Å². The lowest BCUT2D eigenvalue weighted by molar-refractivity contribution is 0.629. The molecule has 0 radical (unpaired) electrons. The number of nitrogens with zero attached hydrogens (tertiary/aromatic N) is 2. The Morgan fingerprint density at radius 3 is 2.67 bits per heavy atom. The number of aromatic nitrogens is 2. The van der Waals surface area contributed by atoms with E-state index in [1.807, 2.05) is 36.6 Å². The molecule has 0 amide bonds. The van der Waals surface area contributed by atoms with Gasteiger partial charge in [0.15, 0.2) is 0 Å². The lowest BCUT2D eigenvalue weighted by Gasteiger charge is -2.13. The summed E-state index contributed by atoms with van der Waals surface area (Å²) >= 11 is 12.6. The molecule has 0 aliphatic heterocycles. The standard InChI is InChI=1S/C16H13Cl2FN2/c1-9-3-5-12(18)14(7-9)21-15-8-11(19)4-6-13(15)20-16(21)10(2)17/h3-8,10H,1-2H3. The van der Waals surface area contributed by atoms with Gasteiger partial charge in [-0.25, -0.2) is 9.37 Å². The highest BCUT2D eigenvalue weighted by Gasteiger charge is 2.18. The Morgan fingerprint density at radius 1 is 1.19 bits per heavy atom. The second-order valence-electron chi connectivity index (χ2n) is 5.01. The summed E-state index contributed by atoms with van der Waals surface area (Å²) in [6.45, 7) is 3.81. The number of rotatable bonds is 2. The molecule has 1 heterocycles. The van der Waals surface area contributed by atoms with Crippen LogP contribution in [0, 0.1) is 12.7 Å². The average Bonchev–Trinajstić information content (AvgIpc) is 2.80. The van der Waals surface area contributed by atoms with E-state index in [1.54, 1.807) is 6.07 Å². The van der Waals surface area contributed by atoms with E-state index < -0.39 is 0 Å². The van der Waals surface area contributed by atoms with E-state index in [1.165, 1.54) is 12.1 Å². The summed E-state index contributed by atoms with van der Waals surface area (Å²) in [5.74, 6) is 0.325. The Morgan fingerprint density at radius 2 is 1.95 bits per heavy atom. The van der Waals surface area contributed by atoms with Crippen molar-refractivity contribution in [2.75, 3.05) is 0 Å². The normalized spacial score (nSPS) is 12.8. The predicted molar refractivity (Wildman–Crippen MR) is 85.0 cm³/mol. The molecule has 3 aromatic rings. The van der Waals surface area contributed by atoms with Crippen molar-refractivity contribution in [1.82, 2.24) is 9.55 Å². The maximum absolute atomic E-state index is 13.6. The van der Waals surface area contributed by atoms with Gasteiger partial charge in [-0.05, 0) is 43.7 Å². The van der Waals surface area contributed by atoms with Gasteiger partial charge in [-0.3, -0.25) is 4.57 Å². The summed E-state index contributed by atoms with van der Waals surface area (Å²) in [7, 11) is 0. The third kappa shape index (κ3) is 2.52. The maximum Gasteiger partial charge on any atom is 0.132 e. The number of hydrogen-bond acceptors (Lipinski definition) is 1. The van der Waals surface area contributed by atoms with Crippen LogP contribution in [0.3, 0.4) is 0 Å². The van der Waals surface area contributed by atoms with Crippen LogP contribution in [-0.2, 0) is 0 Å².